The molecule has 0 aromatic carbocycles. The van der Waals surface area contributed by atoms with E-state index in [1.807, 2.05) is 0 Å². The molecule has 1 aromatic rings. The molecule has 0 radical (unpaired) electrons. The first-order chi connectivity index (χ1) is 7.18. The first-order valence-electron chi connectivity index (χ1n) is 5.06. The molecule has 1 amide bonds. The normalized spacial score (nSPS) is 18.1. The van der Waals surface area contributed by atoms with E-state index >= 15 is 0 Å². The minimum absolute atomic E-state index is 0.128. The summed E-state index contributed by atoms with van der Waals surface area (Å²) >= 11 is 0. The molecule has 15 heavy (non-hydrogen) atoms. The first-order valence-corrected chi connectivity index (χ1v) is 5.06. The standard InChI is InChI=1S/C10H14N2O3/c1-7-9(15-6-11-7)10(14)12-4-2-8(13)3-5-12/h6,8,13H,2-5H2,1H3. The number of aliphatic hydroxyl groups excluding tert-OH is 1. The molecule has 0 aliphatic carbocycles. The van der Waals surface area contributed by atoms with Crippen molar-refractivity contribution in [2.45, 2.75) is 25.9 Å². The van der Waals surface area contributed by atoms with Crippen LogP contribution in [0, 0.1) is 6.92 Å². The molecule has 5 nitrogen and oxygen atoms in total. The van der Waals surface area contributed by atoms with Gasteiger partial charge in [0.2, 0.25) is 5.76 Å². The summed E-state index contributed by atoms with van der Waals surface area (Å²) < 4.78 is 5.04. The van der Waals surface area contributed by atoms with E-state index in [0.29, 0.717) is 37.4 Å². The highest BCUT2D eigenvalue weighted by atomic mass is 16.3. The second-order valence-electron chi connectivity index (χ2n) is 3.79. The molecule has 5 heteroatoms. The molecule has 1 fully saturated rings. The van der Waals surface area contributed by atoms with Gasteiger partial charge in [0.05, 0.1) is 11.8 Å². The maximum Gasteiger partial charge on any atom is 0.291 e. The number of piperidine rings is 1. The van der Waals surface area contributed by atoms with E-state index in [0.717, 1.165) is 0 Å². The first kappa shape index (κ1) is 10.2. The zero-order valence-electron chi connectivity index (χ0n) is 8.64. The number of carbonyl (C=O) groups excluding carboxylic acids is 1. The Morgan fingerprint density at radius 3 is 2.80 bits per heavy atom. The smallest absolute Gasteiger partial charge is 0.291 e. The lowest BCUT2D eigenvalue weighted by Crippen LogP contribution is -2.40. The van der Waals surface area contributed by atoms with Crippen LogP contribution in [0.5, 0.6) is 0 Å². The molecular formula is C10H14N2O3. The summed E-state index contributed by atoms with van der Waals surface area (Å²) in [5.41, 5.74) is 0.617. The number of aliphatic hydroxyl groups is 1. The molecule has 2 heterocycles. The van der Waals surface area contributed by atoms with Gasteiger partial charge < -0.3 is 14.4 Å². The Bertz CT molecular complexity index is 353. The van der Waals surface area contributed by atoms with Gasteiger partial charge in [-0.05, 0) is 19.8 Å². The molecule has 0 spiro atoms. The number of carbonyl (C=O) groups is 1. The highest BCUT2D eigenvalue weighted by Gasteiger charge is 2.25. The Hall–Kier alpha value is -1.36. The number of hydrogen-bond acceptors (Lipinski definition) is 4. The molecule has 1 aromatic heterocycles. The van der Waals surface area contributed by atoms with Crippen molar-refractivity contribution in [1.29, 1.82) is 0 Å². The Labute approximate surface area is 87.7 Å². The van der Waals surface area contributed by atoms with Crippen molar-refractivity contribution in [3.63, 3.8) is 0 Å². The zero-order valence-corrected chi connectivity index (χ0v) is 8.64. The van der Waals surface area contributed by atoms with Gasteiger partial charge in [-0.15, -0.1) is 0 Å². The van der Waals surface area contributed by atoms with Gasteiger partial charge in [0.15, 0.2) is 6.39 Å². The van der Waals surface area contributed by atoms with E-state index in [2.05, 4.69) is 4.98 Å². The second kappa shape index (κ2) is 4.02. The summed E-state index contributed by atoms with van der Waals surface area (Å²) in [4.78, 5) is 17.5. The van der Waals surface area contributed by atoms with Crippen molar-refractivity contribution in [2.75, 3.05) is 13.1 Å². The van der Waals surface area contributed by atoms with Gasteiger partial charge in [0, 0.05) is 13.1 Å². The van der Waals surface area contributed by atoms with Crippen LogP contribution in [-0.4, -0.2) is 40.1 Å². The van der Waals surface area contributed by atoms with Crippen molar-refractivity contribution >= 4 is 5.91 Å². The van der Waals surface area contributed by atoms with E-state index < -0.39 is 0 Å². The van der Waals surface area contributed by atoms with Crippen LogP contribution in [0.3, 0.4) is 0 Å². The molecule has 1 aliphatic rings. The number of aryl methyl sites for hydroxylation is 1. The lowest BCUT2D eigenvalue weighted by atomic mass is 10.1. The van der Waals surface area contributed by atoms with E-state index in [1.54, 1.807) is 11.8 Å². The van der Waals surface area contributed by atoms with Gasteiger partial charge in [0.1, 0.15) is 0 Å². The Morgan fingerprint density at radius 1 is 1.60 bits per heavy atom. The highest BCUT2D eigenvalue weighted by molar-refractivity contribution is 5.92. The second-order valence-corrected chi connectivity index (χ2v) is 3.79. The summed E-state index contributed by atoms with van der Waals surface area (Å²) in [7, 11) is 0. The number of oxazole rings is 1. The fourth-order valence-electron chi connectivity index (χ4n) is 1.72. The van der Waals surface area contributed by atoms with E-state index in [-0.39, 0.29) is 12.0 Å². The monoisotopic (exact) mass is 210 g/mol. The average molecular weight is 210 g/mol. The average Bonchev–Trinajstić information content (AvgIpc) is 2.65. The van der Waals surface area contributed by atoms with Crippen LogP contribution in [0.2, 0.25) is 0 Å². The fraction of sp³-hybridized carbons (Fsp3) is 0.600. The molecule has 82 valence electrons. The van der Waals surface area contributed by atoms with Gasteiger partial charge in [-0.25, -0.2) is 4.98 Å². The Morgan fingerprint density at radius 2 is 2.27 bits per heavy atom. The molecule has 1 saturated heterocycles. The molecule has 0 unspecified atom stereocenters. The minimum atomic E-state index is -0.273. The van der Waals surface area contributed by atoms with Gasteiger partial charge in [-0.3, -0.25) is 4.79 Å². The number of amides is 1. The number of hydrogen-bond donors (Lipinski definition) is 1. The molecule has 1 aliphatic heterocycles. The van der Waals surface area contributed by atoms with Crippen LogP contribution in [0.25, 0.3) is 0 Å². The van der Waals surface area contributed by atoms with Crippen molar-refractivity contribution in [2.24, 2.45) is 0 Å². The van der Waals surface area contributed by atoms with Crippen LogP contribution in [-0.2, 0) is 0 Å². The van der Waals surface area contributed by atoms with Gasteiger partial charge in [0.25, 0.3) is 5.91 Å². The third-order valence-electron chi connectivity index (χ3n) is 2.69. The molecular weight excluding hydrogens is 196 g/mol. The zero-order chi connectivity index (χ0) is 10.8. The van der Waals surface area contributed by atoms with Crippen LogP contribution < -0.4 is 0 Å². The SMILES string of the molecule is Cc1ncoc1C(=O)N1CCC(O)CC1. The molecule has 0 saturated carbocycles. The quantitative estimate of drug-likeness (QED) is 0.736. The summed E-state index contributed by atoms with van der Waals surface area (Å²) in [6.45, 7) is 2.91. The summed E-state index contributed by atoms with van der Waals surface area (Å²) in [5.74, 6) is 0.184. The Balaban J connectivity index is 2.06. The Kier molecular flexibility index (Phi) is 2.73. The van der Waals surface area contributed by atoms with Crippen molar-refractivity contribution < 1.29 is 14.3 Å². The fourth-order valence-corrected chi connectivity index (χ4v) is 1.72. The van der Waals surface area contributed by atoms with Gasteiger partial charge >= 0.3 is 0 Å². The van der Waals surface area contributed by atoms with Gasteiger partial charge in [-0.2, -0.15) is 0 Å². The van der Waals surface area contributed by atoms with E-state index in [4.69, 9.17) is 4.42 Å². The highest BCUT2D eigenvalue weighted by Crippen LogP contribution is 2.15. The largest absolute Gasteiger partial charge is 0.438 e. The van der Waals surface area contributed by atoms with Crippen molar-refractivity contribution in [1.82, 2.24) is 9.88 Å². The summed E-state index contributed by atoms with van der Waals surface area (Å²) in [6, 6.07) is 0. The lowest BCUT2D eigenvalue weighted by Gasteiger charge is -2.28. The topological polar surface area (TPSA) is 66.6 Å². The van der Waals surface area contributed by atoms with E-state index in [1.165, 1.54) is 6.39 Å². The lowest BCUT2D eigenvalue weighted by molar-refractivity contribution is 0.0519. The molecule has 0 atom stereocenters. The van der Waals surface area contributed by atoms with Crippen molar-refractivity contribution in [3.8, 4) is 0 Å². The molecule has 2 rings (SSSR count). The van der Waals surface area contributed by atoms with Crippen LogP contribution in [0.1, 0.15) is 29.1 Å². The third-order valence-corrected chi connectivity index (χ3v) is 2.69. The van der Waals surface area contributed by atoms with Crippen LogP contribution >= 0.6 is 0 Å². The summed E-state index contributed by atoms with van der Waals surface area (Å²) in [6.07, 6.45) is 2.28. The van der Waals surface area contributed by atoms with E-state index in [9.17, 15) is 9.90 Å². The molecule has 0 bridgehead atoms. The third kappa shape index (κ3) is 2.02. The number of nitrogens with zero attached hydrogens (tertiary/aromatic N) is 2. The molecule has 1 N–H and O–H groups in total. The number of aromatic nitrogens is 1. The number of rotatable bonds is 1. The summed E-state index contributed by atoms with van der Waals surface area (Å²) in [5, 5.41) is 9.32. The maximum absolute atomic E-state index is 11.9. The van der Waals surface area contributed by atoms with Crippen molar-refractivity contribution in [3.05, 3.63) is 17.8 Å². The predicted molar refractivity (Wildman–Crippen MR) is 52.4 cm³/mol. The van der Waals surface area contributed by atoms with Crippen LogP contribution in [0.4, 0.5) is 0 Å². The maximum atomic E-state index is 11.9. The minimum Gasteiger partial charge on any atom is -0.438 e. The van der Waals surface area contributed by atoms with Gasteiger partial charge in [-0.1, -0.05) is 0 Å². The predicted octanol–water partition coefficient (Wildman–Crippen LogP) is 0.580. The van der Waals surface area contributed by atoms with Crippen LogP contribution in [0.15, 0.2) is 10.8 Å². The number of likely N-dealkylation sites (tertiary alicyclic amines) is 1.